The molecule has 3 heterocycles. The van der Waals surface area contributed by atoms with Gasteiger partial charge in [-0.1, -0.05) is 29.8 Å². The molecule has 4 rings (SSSR count). The number of hydrogen-bond donors (Lipinski definition) is 0. The lowest BCUT2D eigenvalue weighted by atomic mass is 10.1. The third kappa shape index (κ3) is 3.29. The number of pyridine rings is 1. The number of anilines is 2. The SMILES string of the molecule is O=[N+]([O-])c1cnc(N2CCCC(S(=O)(=O)N3CCc4ccccc43)C2)c(Cl)c1. The summed E-state index contributed by atoms with van der Waals surface area (Å²) in [5, 5.41) is 10.4. The predicted molar refractivity (Wildman–Crippen MR) is 108 cm³/mol. The summed E-state index contributed by atoms with van der Waals surface area (Å²) >= 11 is 6.19. The Kier molecular flexibility index (Phi) is 4.88. The lowest BCUT2D eigenvalue weighted by Gasteiger charge is -2.35. The van der Waals surface area contributed by atoms with Crippen LogP contribution in [0.1, 0.15) is 18.4 Å². The van der Waals surface area contributed by atoms with Gasteiger partial charge in [0.25, 0.3) is 5.69 Å². The van der Waals surface area contributed by atoms with E-state index in [9.17, 15) is 18.5 Å². The number of hydrogen-bond acceptors (Lipinski definition) is 6. The lowest BCUT2D eigenvalue weighted by molar-refractivity contribution is -0.385. The van der Waals surface area contributed by atoms with Crippen molar-refractivity contribution in [1.82, 2.24) is 4.98 Å². The molecule has 0 bridgehead atoms. The second kappa shape index (κ2) is 7.21. The summed E-state index contributed by atoms with van der Waals surface area (Å²) in [6, 6.07) is 8.81. The molecular weight excluding hydrogens is 404 g/mol. The Morgan fingerprint density at radius 3 is 2.79 bits per heavy atom. The first-order valence-corrected chi connectivity index (χ1v) is 10.9. The number of sulfonamides is 1. The van der Waals surface area contributed by atoms with Gasteiger partial charge in [0.05, 0.1) is 20.9 Å². The molecular formula is C18H19ClN4O4S. The molecule has 0 aliphatic carbocycles. The molecule has 1 fully saturated rings. The Labute approximate surface area is 167 Å². The predicted octanol–water partition coefficient (Wildman–Crippen LogP) is 3.00. The Bertz CT molecular complexity index is 1030. The van der Waals surface area contributed by atoms with Crippen molar-refractivity contribution < 1.29 is 13.3 Å². The summed E-state index contributed by atoms with van der Waals surface area (Å²) in [4.78, 5) is 16.2. The van der Waals surface area contributed by atoms with Crippen molar-refractivity contribution in [2.45, 2.75) is 24.5 Å². The normalized spacial score (nSPS) is 19.5. The zero-order chi connectivity index (χ0) is 19.9. The summed E-state index contributed by atoms with van der Waals surface area (Å²) in [6.45, 7) is 1.31. The smallest absolute Gasteiger partial charge is 0.289 e. The minimum atomic E-state index is -3.54. The van der Waals surface area contributed by atoms with E-state index in [-0.39, 0.29) is 17.3 Å². The van der Waals surface area contributed by atoms with Gasteiger partial charge in [-0.15, -0.1) is 0 Å². The molecule has 1 saturated heterocycles. The van der Waals surface area contributed by atoms with Crippen LogP contribution >= 0.6 is 11.6 Å². The van der Waals surface area contributed by atoms with E-state index in [1.165, 1.54) is 10.4 Å². The molecule has 1 aromatic carbocycles. The molecule has 10 heteroatoms. The highest BCUT2D eigenvalue weighted by Gasteiger charge is 2.38. The van der Waals surface area contributed by atoms with Gasteiger partial charge in [0, 0.05) is 25.7 Å². The average molecular weight is 423 g/mol. The van der Waals surface area contributed by atoms with Gasteiger partial charge < -0.3 is 4.90 Å². The topological polar surface area (TPSA) is 96.6 Å². The molecule has 1 aromatic heterocycles. The van der Waals surface area contributed by atoms with Crippen molar-refractivity contribution in [2.75, 3.05) is 28.8 Å². The van der Waals surface area contributed by atoms with E-state index >= 15 is 0 Å². The van der Waals surface area contributed by atoms with Crippen LogP contribution in [-0.4, -0.2) is 43.2 Å². The van der Waals surface area contributed by atoms with E-state index in [4.69, 9.17) is 11.6 Å². The maximum absolute atomic E-state index is 13.3. The van der Waals surface area contributed by atoms with Crippen LogP contribution in [0.5, 0.6) is 0 Å². The van der Waals surface area contributed by atoms with E-state index in [0.29, 0.717) is 38.2 Å². The summed E-state index contributed by atoms with van der Waals surface area (Å²) in [5.74, 6) is 0.383. The van der Waals surface area contributed by atoms with E-state index in [2.05, 4.69) is 4.98 Å². The second-order valence-electron chi connectivity index (χ2n) is 6.96. The van der Waals surface area contributed by atoms with Crippen molar-refractivity contribution in [1.29, 1.82) is 0 Å². The van der Waals surface area contributed by atoms with Crippen LogP contribution in [0, 0.1) is 10.1 Å². The van der Waals surface area contributed by atoms with E-state index in [1.54, 1.807) is 4.90 Å². The van der Waals surface area contributed by atoms with Gasteiger partial charge in [0.2, 0.25) is 10.0 Å². The first kappa shape index (κ1) is 18.9. The number of fused-ring (bicyclic) bond motifs is 1. The van der Waals surface area contributed by atoms with E-state index < -0.39 is 20.2 Å². The van der Waals surface area contributed by atoms with Crippen LogP contribution in [0.2, 0.25) is 5.02 Å². The van der Waals surface area contributed by atoms with Crippen molar-refractivity contribution >= 4 is 38.8 Å². The Balaban J connectivity index is 1.58. The average Bonchev–Trinajstić information content (AvgIpc) is 3.13. The number of para-hydroxylation sites is 1. The third-order valence-electron chi connectivity index (χ3n) is 5.27. The molecule has 1 atom stereocenters. The molecule has 2 aromatic rings. The molecule has 2 aliphatic rings. The highest BCUT2D eigenvalue weighted by molar-refractivity contribution is 7.93. The fourth-order valence-corrected chi connectivity index (χ4v) is 6.15. The van der Waals surface area contributed by atoms with E-state index in [1.807, 2.05) is 24.3 Å². The molecule has 28 heavy (non-hydrogen) atoms. The number of aromatic nitrogens is 1. The standard InChI is InChI=1S/C18H19ClN4O4S/c19-16-10-14(23(24)25)11-20-18(16)21-8-3-5-15(12-21)28(26,27)22-9-7-13-4-1-2-6-17(13)22/h1-2,4,6,10-11,15H,3,5,7-9,12H2. The van der Waals surface area contributed by atoms with Gasteiger partial charge in [-0.25, -0.2) is 13.4 Å². The Morgan fingerprint density at radius 2 is 2.04 bits per heavy atom. The maximum Gasteiger partial charge on any atom is 0.289 e. The van der Waals surface area contributed by atoms with Gasteiger partial charge in [0.1, 0.15) is 12.0 Å². The number of rotatable bonds is 4. The first-order valence-electron chi connectivity index (χ1n) is 9.02. The Hall–Kier alpha value is -2.39. The van der Waals surface area contributed by atoms with Crippen LogP contribution in [0.25, 0.3) is 0 Å². The summed E-state index contributed by atoms with van der Waals surface area (Å²) < 4.78 is 28.1. The van der Waals surface area contributed by atoms with Crippen molar-refractivity contribution in [3.8, 4) is 0 Å². The summed E-state index contributed by atoms with van der Waals surface area (Å²) in [5.41, 5.74) is 1.61. The van der Waals surface area contributed by atoms with Crippen LogP contribution in [0.3, 0.4) is 0 Å². The van der Waals surface area contributed by atoms with Gasteiger partial charge >= 0.3 is 0 Å². The minimum Gasteiger partial charge on any atom is -0.354 e. The van der Waals surface area contributed by atoms with Crippen molar-refractivity contribution in [2.24, 2.45) is 0 Å². The molecule has 1 unspecified atom stereocenters. The van der Waals surface area contributed by atoms with Gasteiger partial charge in [-0.05, 0) is 30.9 Å². The number of piperidine rings is 1. The number of halogens is 1. The second-order valence-corrected chi connectivity index (χ2v) is 9.51. The Morgan fingerprint density at radius 1 is 1.25 bits per heavy atom. The minimum absolute atomic E-state index is 0.152. The number of benzene rings is 1. The molecule has 0 amide bonds. The van der Waals surface area contributed by atoms with Gasteiger partial charge in [-0.3, -0.25) is 14.4 Å². The number of nitro groups is 1. The largest absolute Gasteiger partial charge is 0.354 e. The van der Waals surface area contributed by atoms with Crippen molar-refractivity contribution in [3.63, 3.8) is 0 Å². The van der Waals surface area contributed by atoms with Crippen LogP contribution < -0.4 is 9.21 Å². The summed E-state index contributed by atoms with van der Waals surface area (Å²) in [6.07, 6.45) is 3.09. The molecule has 8 nitrogen and oxygen atoms in total. The maximum atomic E-state index is 13.3. The zero-order valence-electron chi connectivity index (χ0n) is 15.0. The van der Waals surface area contributed by atoms with Crippen LogP contribution in [0.4, 0.5) is 17.2 Å². The molecule has 148 valence electrons. The quantitative estimate of drug-likeness (QED) is 0.555. The fraction of sp³-hybridized carbons (Fsp3) is 0.389. The number of nitrogens with zero attached hydrogens (tertiary/aromatic N) is 4. The molecule has 0 N–H and O–H groups in total. The summed E-state index contributed by atoms with van der Waals surface area (Å²) in [7, 11) is -3.54. The van der Waals surface area contributed by atoms with E-state index in [0.717, 1.165) is 17.4 Å². The monoisotopic (exact) mass is 422 g/mol. The first-order chi connectivity index (χ1) is 13.4. The highest BCUT2D eigenvalue weighted by atomic mass is 35.5. The fourth-order valence-electron chi connectivity index (χ4n) is 3.88. The van der Waals surface area contributed by atoms with Gasteiger partial charge in [-0.2, -0.15) is 0 Å². The van der Waals surface area contributed by atoms with Crippen LogP contribution in [0.15, 0.2) is 36.5 Å². The van der Waals surface area contributed by atoms with Crippen LogP contribution in [-0.2, 0) is 16.4 Å². The third-order valence-corrected chi connectivity index (χ3v) is 7.77. The molecule has 0 radical (unpaired) electrons. The molecule has 0 saturated carbocycles. The highest BCUT2D eigenvalue weighted by Crippen LogP contribution is 2.35. The lowest BCUT2D eigenvalue weighted by Crippen LogP contribution is -2.48. The molecule has 0 spiro atoms. The van der Waals surface area contributed by atoms with Crippen molar-refractivity contribution in [3.05, 3.63) is 57.2 Å². The molecule has 2 aliphatic heterocycles. The zero-order valence-corrected chi connectivity index (χ0v) is 16.6. The van der Waals surface area contributed by atoms with Gasteiger partial charge in [0.15, 0.2) is 0 Å².